The predicted octanol–water partition coefficient (Wildman–Crippen LogP) is 2.72. The Morgan fingerprint density at radius 2 is 1.92 bits per heavy atom. The third-order valence-corrected chi connectivity index (χ3v) is 5.82. The van der Waals surface area contributed by atoms with Crippen LogP contribution in [0.25, 0.3) is 0 Å². The third-order valence-electron chi connectivity index (χ3n) is 3.55. The average Bonchev–Trinajstić information content (AvgIpc) is 2.52. The zero-order valence-corrected chi connectivity index (χ0v) is 16.0. The Labute approximate surface area is 150 Å². The van der Waals surface area contributed by atoms with Gasteiger partial charge in [-0.05, 0) is 65.2 Å². The number of carbonyl (C=O) groups excluding carboxylic acids is 1. The van der Waals surface area contributed by atoms with E-state index >= 15 is 0 Å². The highest BCUT2D eigenvalue weighted by molar-refractivity contribution is 9.10. The lowest BCUT2D eigenvalue weighted by atomic mass is 10.1. The highest BCUT2D eigenvalue weighted by Gasteiger charge is 2.23. The van der Waals surface area contributed by atoms with E-state index in [0.717, 1.165) is 19.9 Å². The molecule has 128 valence electrons. The first-order valence-corrected chi connectivity index (χ1v) is 9.38. The number of hydrogen-bond acceptors (Lipinski definition) is 4. The number of nitrogens with zero attached hydrogens (tertiary/aromatic N) is 2. The summed E-state index contributed by atoms with van der Waals surface area (Å²) in [6, 6.07) is 8.26. The van der Waals surface area contributed by atoms with Crippen LogP contribution in [0.15, 0.2) is 45.9 Å². The molecule has 1 amide bonds. The van der Waals surface area contributed by atoms with E-state index in [2.05, 4.69) is 26.2 Å². The highest BCUT2D eigenvalue weighted by Crippen LogP contribution is 2.18. The maximum atomic E-state index is 12.6. The van der Waals surface area contributed by atoms with Crippen molar-refractivity contribution in [1.29, 1.82) is 0 Å². The molecule has 0 aliphatic carbocycles. The Hall–Kier alpha value is -1.77. The van der Waals surface area contributed by atoms with Gasteiger partial charge in [-0.25, -0.2) is 13.4 Å². The second kappa shape index (κ2) is 7.42. The molecule has 1 N–H and O–H groups in total. The Balaban J connectivity index is 2.09. The number of carbonyl (C=O) groups is 1. The molecule has 0 unspecified atom stereocenters. The smallest absolute Gasteiger partial charge is 0.243 e. The summed E-state index contributed by atoms with van der Waals surface area (Å²) >= 11 is 3.25. The van der Waals surface area contributed by atoms with Gasteiger partial charge in [-0.15, -0.1) is 0 Å². The number of rotatable bonds is 5. The molecule has 2 aromatic rings. The van der Waals surface area contributed by atoms with E-state index in [-0.39, 0.29) is 11.4 Å². The number of hydrogen-bond donors (Lipinski definition) is 1. The minimum absolute atomic E-state index is 0.169. The van der Waals surface area contributed by atoms with Crippen LogP contribution in [0.1, 0.15) is 11.1 Å². The predicted molar refractivity (Wildman–Crippen MR) is 96.3 cm³/mol. The number of benzene rings is 1. The quantitative estimate of drug-likeness (QED) is 0.819. The zero-order valence-electron chi connectivity index (χ0n) is 13.6. The molecule has 0 atom stereocenters. The van der Waals surface area contributed by atoms with Crippen molar-refractivity contribution in [2.45, 2.75) is 18.7 Å². The first-order valence-electron chi connectivity index (χ1n) is 7.15. The highest BCUT2D eigenvalue weighted by atomic mass is 79.9. The van der Waals surface area contributed by atoms with Crippen molar-refractivity contribution in [3.8, 4) is 0 Å². The monoisotopic (exact) mass is 411 g/mol. The topological polar surface area (TPSA) is 79.4 Å². The summed E-state index contributed by atoms with van der Waals surface area (Å²) in [6.45, 7) is 3.46. The van der Waals surface area contributed by atoms with E-state index in [1.54, 1.807) is 36.5 Å². The van der Waals surface area contributed by atoms with E-state index in [9.17, 15) is 13.2 Å². The number of halogens is 1. The minimum atomic E-state index is -3.73. The SMILES string of the molecule is Cc1ccc(S(=O)(=O)N(C)CC(=O)Nc2ccc(Br)cn2)cc1C. The Morgan fingerprint density at radius 1 is 1.21 bits per heavy atom. The molecule has 0 saturated heterocycles. The van der Waals surface area contributed by atoms with Gasteiger partial charge in [0.05, 0.1) is 11.4 Å². The second-order valence-electron chi connectivity index (χ2n) is 5.42. The number of pyridine rings is 1. The van der Waals surface area contributed by atoms with E-state index in [0.29, 0.717) is 5.82 Å². The number of nitrogens with one attached hydrogen (secondary N) is 1. The average molecular weight is 412 g/mol. The number of likely N-dealkylation sites (N-methyl/N-ethyl adjacent to an activating group) is 1. The van der Waals surface area contributed by atoms with Gasteiger partial charge in [-0.1, -0.05) is 6.07 Å². The lowest BCUT2D eigenvalue weighted by Gasteiger charge is -2.17. The fraction of sp³-hybridized carbons (Fsp3) is 0.250. The van der Waals surface area contributed by atoms with Gasteiger partial charge in [0.2, 0.25) is 15.9 Å². The molecule has 1 heterocycles. The number of aryl methyl sites for hydroxylation is 2. The van der Waals surface area contributed by atoms with Crippen molar-refractivity contribution >= 4 is 37.7 Å². The largest absolute Gasteiger partial charge is 0.310 e. The Morgan fingerprint density at radius 3 is 2.50 bits per heavy atom. The van der Waals surface area contributed by atoms with Crippen LogP contribution in [0.4, 0.5) is 5.82 Å². The summed E-state index contributed by atoms with van der Waals surface area (Å²) in [5.74, 6) is -0.0973. The van der Waals surface area contributed by atoms with Crippen LogP contribution in [0.3, 0.4) is 0 Å². The first-order chi connectivity index (χ1) is 11.2. The van der Waals surface area contributed by atoms with Gasteiger partial charge in [0.1, 0.15) is 5.82 Å². The molecule has 1 aromatic heterocycles. The molecule has 6 nitrogen and oxygen atoms in total. The van der Waals surface area contributed by atoms with Crippen LogP contribution < -0.4 is 5.32 Å². The van der Waals surface area contributed by atoms with Crippen LogP contribution in [-0.4, -0.2) is 37.2 Å². The van der Waals surface area contributed by atoms with Crippen LogP contribution in [0, 0.1) is 13.8 Å². The lowest BCUT2D eigenvalue weighted by Crippen LogP contribution is -2.35. The van der Waals surface area contributed by atoms with Gasteiger partial charge in [0.15, 0.2) is 0 Å². The fourth-order valence-electron chi connectivity index (χ4n) is 1.97. The molecule has 2 rings (SSSR count). The first kappa shape index (κ1) is 18.6. The minimum Gasteiger partial charge on any atom is -0.310 e. The molecular weight excluding hydrogens is 394 g/mol. The van der Waals surface area contributed by atoms with Crippen LogP contribution in [-0.2, 0) is 14.8 Å². The summed E-state index contributed by atoms with van der Waals surface area (Å²) in [6.07, 6.45) is 1.55. The normalized spacial score (nSPS) is 11.5. The maximum absolute atomic E-state index is 12.6. The lowest BCUT2D eigenvalue weighted by molar-refractivity contribution is -0.116. The van der Waals surface area contributed by atoms with E-state index in [1.807, 2.05) is 13.8 Å². The van der Waals surface area contributed by atoms with Gasteiger partial charge in [0.25, 0.3) is 0 Å². The second-order valence-corrected chi connectivity index (χ2v) is 8.38. The summed E-state index contributed by atoms with van der Waals surface area (Å²) in [4.78, 5) is 16.2. The number of anilines is 1. The molecule has 0 spiro atoms. The summed E-state index contributed by atoms with van der Waals surface area (Å²) in [5.41, 5.74) is 1.89. The zero-order chi connectivity index (χ0) is 17.9. The summed E-state index contributed by atoms with van der Waals surface area (Å²) < 4.78 is 26.9. The van der Waals surface area contributed by atoms with Gasteiger partial charge in [-0.2, -0.15) is 4.31 Å². The van der Waals surface area contributed by atoms with Crippen molar-refractivity contribution in [1.82, 2.24) is 9.29 Å². The van der Waals surface area contributed by atoms with Gasteiger partial charge in [0, 0.05) is 17.7 Å². The van der Waals surface area contributed by atoms with Crippen molar-refractivity contribution in [3.63, 3.8) is 0 Å². The molecule has 8 heteroatoms. The Kier molecular flexibility index (Phi) is 5.74. The van der Waals surface area contributed by atoms with Gasteiger partial charge >= 0.3 is 0 Å². The maximum Gasteiger partial charge on any atom is 0.243 e. The fourth-order valence-corrected chi connectivity index (χ4v) is 3.42. The molecule has 0 radical (unpaired) electrons. The van der Waals surface area contributed by atoms with Crippen LogP contribution in [0.5, 0.6) is 0 Å². The third kappa shape index (κ3) is 4.40. The molecular formula is C16H18BrN3O3S. The summed E-state index contributed by atoms with van der Waals surface area (Å²) in [7, 11) is -2.35. The number of amides is 1. The van der Waals surface area contributed by atoms with Gasteiger partial charge < -0.3 is 5.32 Å². The van der Waals surface area contributed by atoms with Crippen molar-refractivity contribution in [2.24, 2.45) is 0 Å². The van der Waals surface area contributed by atoms with E-state index < -0.39 is 15.9 Å². The van der Waals surface area contributed by atoms with E-state index in [1.165, 1.54) is 7.05 Å². The number of sulfonamides is 1. The summed E-state index contributed by atoms with van der Waals surface area (Å²) in [5, 5.41) is 2.57. The standard InChI is InChI=1S/C16H18BrN3O3S/c1-11-4-6-14(8-12(11)2)24(22,23)20(3)10-16(21)19-15-7-5-13(17)9-18-15/h4-9H,10H2,1-3H3,(H,18,19,21). The molecule has 0 aliphatic heterocycles. The van der Waals surface area contributed by atoms with Crippen molar-refractivity contribution in [3.05, 3.63) is 52.1 Å². The molecule has 0 bridgehead atoms. The molecule has 0 fully saturated rings. The molecule has 1 aromatic carbocycles. The van der Waals surface area contributed by atoms with Crippen molar-refractivity contribution in [2.75, 3.05) is 18.9 Å². The Bertz CT molecular complexity index is 851. The van der Waals surface area contributed by atoms with Crippen molar-refractivity contribution < 1.29 is 13.2 Å². The molecule has 0 saturated carbocycles. The van der Waals surface area contributed by atoms with E-state index in [4.69, 9.17) is 0 Å². The van der Waals surface area contributed by atoms with Crippen LogP contribution in [0.2, 0.25) is 0 Å². The van der Waals surface area contributed by atoms with Crippen LogP contribution >= 0.6 is 15.9 Å². The molecule has 24 heavy (non-hydrogen) atoms. The molecule has 0 aliphatic rings. The van der Waals surface area contributed by atoms with Gasteiger partial charge in [-0.3, -0.25) is 4.79 Å². The number of aromatic nitrogens is 1.